The third kappa shape index (κ3) is 3.59. The van der Waals surface area contributed by atoms with Crippen LogP contribution in [0.15, 0.2) is 12.3 Å². The van der Waals surface area contributed by atoms with Gasteiger partial charge in [0, 0.05) is 19.9 Å². The van der Waals surface area contributed by atoms with Crippen LogP contribution in [0.5, 0.6) is 0 Å². The Kier molecular flexibility index (Phi) is 5.49. The van der Waals surface area contributed by atoms with E-state index in [-0.39, 0.29) is 12.0 Å². The molecule has 2 unspecified atom stereocenters. The summed E-state index contributed by atoms with van der Waals surface area (Å²) in [6.07, 6.45) is 2.43. The number of ether oxygens (including phenoxy) is 1. The van der Waals surface area contributed by atoms with Crippen LogP contribution in [0.1, 0.15) is 25.1 Å². The number of nitrogens with two attached hydrogens (primary N) is 1. The SMILES string of the molecule is COCCC(C)C(N)c1ncc(Cl)cc1Cl. The minimum absolute atomic E-state index is 0.195. The van der Waals surface area contributed by atoms with Crippen LogP contribution in [0.2, 0.25) is 10.0 Å². The van der Waals surface area contributed by atoms with Gasteiger partial charge in [0.05, 0.1) is 21.8 Å². The molecule has 1 rings (SSSR count). The number of aromatic nitrogens is 1. The van der Waals surface area contributed by atoms with E-state index in [4.69, 9.17) is 33.7 Å². The lowest BCUT2D eigenvalue weighted by molar-refractivity contribution is 0.174. The molecule has 0 saturated carbocycles. The van der Waals surface area contributed by atoms with Gasteiger partial charge in [-0.15, -0.1) is 0 Å². The highest BCUT2D eigenvalue weighted by Crippen LogP contribution is 2.28. The van der Waals surface area contributed by atoms with Gasteiger partial charge in [0.25, 0.3) is 0 Å². The van der Waals surface area contributed by atoms with E-state index >= 15 is 0 Å². The fraction of sp³-hybridized carbons (Fsp3) is 0.545. The van der Waals surface area contributed by atoms with Gasteiger partial charge < -0.3 is 10.5 Å². The van der Waals surface area contributed by atoms with E-state index in [9.17, 15) is 0 Å². The van der Waals surface area contributed by atoms with Gasteiger partial charge in [-0.1, -0.05) is 30.1 Å². The maximum absolute atomic E-state index is 6.08. The van der Waals surface area contributed by atoms with E-state index in [1.807, 2.05) is 0 Å². The maximum Gasteiger partial charge on any atom is 0.0760 e. The summed E-state index contributed by atoms with van der Waals surface area (Å²) in [6.45, 7) is 2.73. The molecule has 0 radical (unpaired) electrons. The highest BCUT2D eigenvalue weighted by molar-refractivity contribution is 6.34. The largest absolute Gasteiger partial charge is 0.385 e. The molecule has 1 aromatic heterocycles. The first-order valence-electron chi connectivity index (χ1n) is 5.11. The van der Waals surface area contributed by atoms with E-state index in [1.54, 1.807) is 19.4 Å². The Morgan fingerprint density at radius 3 is 2.75 bits per heavy atom. The van der Waals surface area contributed by atoms with Crippen molar-refractivity contribution < 1.29 is 4.74 Å². The van der Waals surface area contributed by atoms with E-state index in [2.05, 4.69) is 11.9 Å². The summed E-state index contributed by atoms with van der Waals surface area (Å²) in [4.78, 5) is 4.18. The average molecular weight is 263 g/mol. The van der Waals surface area contributed by atoms with Crippen molar-refractivity contribution in [1.29, 1.82) is 0 Å². The molecule has 0 aromatic carbocycles. The van der Waals surface area contributed by atoms with Gasteiger partial charge in [0.15, 0.2) is 0 Å². The molecule has 1 heterocycles. The smallest absolute Gasteiger partial charge is 0.0760 e. The second-order valence-corrected chi connectivity index (χ2v) is 4.65. The second kappa shape index (κ2) is 6.40. The molecule has 2 N–H and O–H groups in total. The Bertz CT molecular complexity index is 347. The molecule has 0 amide bonds. The molecule has 90 valence electrons. The summed E-state index contributed by atoms with van der Waals surface area (Å²) in [7, 11) is 1.67. The molecule has 0 bridgehead atoms. The first-order valence-corrected chi connectivity index (χ1v) is 5.87. The molecule has 0 aliphatic rings. The zero-order valence-corrected chi connectivity index (χ0v) is 10.9. The van der Waals surface area contributed by atoms with Crippen LogP contribution >= 0.6 is 23.2 Å². The van der Waals surface area contributed by atoms with Crippen LogP contribution in [-0.4, -0.2) is 18.7 Å². The lowest BCUT2D eigenvalue weighted by Gasteiger charge is -2.20. The molecule has 2 atom stereocenters. The minimum Gasteiger partial charge on any atom is -0.385 e. The standard InChI is InChI=1S/C11H16Cl2N2O/c1-7(3-4-16-2)10(14)11-9(13)5-8(12)6-15-11/h5-7,10H,3-4,14H2,1-2H3. The average Bonchev–Trinajstić information content (AvgIpc) is 2.25. The van der Waals surface area contributed by atoms with Crippen molar-refractivity contribution in [2.24, 2.45) is 11.7 Å². The Morgan fingerprint density at radius 2 is 2.19 bits per heavy atom. The summed E-state index contributed by atoms with van der Waals surface area (Å²) in [5.41, 5.74) is 6.77. The number of rotatable bonds is 5. The summed E-state index contributed by atoms with van der Waals surface area (Å²) in [5.74, 6) is 0.256. The maximum atomic E-state index is 6.08. The molecule has 0 aliphatic heterocycles. The lowest BCUT2D eigenvalue weighted by atomic mass is 9.96. The van der Waals surface area contributed by atoms with Crippen molar-refractivity contribution in [3.63, 3.8) is 0 Å². The number of halogens is 2. The van der Waals surface area contributed by atoms with Crippen LogP contribution in [-0.2, 0) is 4.74 Å². The second-order valence-electron chi connectivity index (χ2n) is 3.81. The van der Waals surface area contributed by atoms with Gasteiger partial charge in [-0.3, -0.25) is 4.98 Å². The molecule has 3 nitrogen and oxygen atoms in total. The molecular formula is C11H16Cl2N2O. The summed E-state index contributed by atoms with van der Waals surface area (Å²) in [5, 5.41) is 1.04. The quantitative estimate of drug-likeness (QED) is 0.888. The van der Waals surface area contributed by atoms with Crippen LogP contribution in [0.4, 0.5) is 0 Å². The van der Waals surface area contributed by atoms with Crippen LogP contribution in [0.3, 0.4) is 0 Å². The number of hydrogen-bond donors (Lipinski definition) is 1. The first kappa shape index (κ1) is 13.7. The van der Waals surface area contributed by atoms with Crippen LogP contribution in [0, 0.1) is 5.92 Å². The van der Waals surface area contributed by atoms with Crippen molar-refractivity contribution in [3.8, 4) is 0 Å². The molecule has 16 heavy (non-hydrogen) atoms. The number of methoxy groups -OCH3 is 1. The van der Waals surface area contributed by atoms with Crippen molar-refractivity contribution >= 4 is 23.2 Å². The van der Waals surface area contributed by atoms with Crippen molar-refractivity contribution in [3.05, 3.63) is 28.0 Å². The van der Waals surface area contributed by atoms with E-state index in [0.29, 0.717) is 22.3 Å². The zero-order valence-electron chi connectivity index (χ0n) is 9.41. The van der Waals surface area contributed by atoms with Gasteiger partial charge >= 0.3 is 0 Å². The highest BCUT2D eigenvalue weighted by atomic mass is 35.5. The van der Waals surface area contributed by atoms with E-state index < -0.39 is 0 Å². The van der Waals surface area contributed by atoms with Crippen molar-refractivity contribution in [1.82, 2.24) is 4.98 Å². The molecule has 1 aromatic rings. The monoisotopic (exact) mass is 262 g/mol. The highest BCUT2D eigenvalue weighted by Gasteiger charge is 2.18. The van der Waals surface area contributed by atoms with Gasteiger partial charge in [-0.25, -0.2) is 0 Å². The molecule has 0 saturated heterocycles. The minimum atomic E-state index is -0.195. The number of pyridine rings is 1. The fourth-order valence-electron chi connectivity index (χ4n) is 1.42. The number of nitrogens with zero attached hydrogens (tertiary/aromatic N) is 1. The van der Waals surface area contributed by atoms with Crippen molar-refractivity contribution in [2.45, 2.75) is 19.4 Å². The molecule has 0 fully saturated rings. The summed E-state index contributed by atoms with van der Waals surface area (Å²) in [6, 6.07) is 1.47. The normalized spacial score (nSPS) is 14.8. The third-order valence-corrected chi connectivity index (χ3v) is 3.05. The van der Waals surface area contributed by atoms with Crippen LogP contribution in [0.25, 0.3) is 0 Å². The van der Waals surface area contributed by atoms with Crippen molar-refractivity contribution in [2.75, 3.05) is 13.7 Å². The summed E-state index contributed by atoms with van der Waals surface area (Å²) >= 11 is 11.8. The predicted octanol–water partition coefficient (Wildman–Crippen LogP) is 3.06. The van der Waals surface area contributed by atoms with Gasteiger partial charge in [-0.05, 0) is 18.4 Å². The van der Waals surface area contributed by atoms with E-state index in [0.717, 1.165) is 6.42 Å². The topological polar surface area (TPSA) is 48.1 Å². The van der Waals surface area contributed by atoms with E-state index in [1.165, 1.54) is 0 Å². The Morgan fingerprint density at radius 1 is 1.50 bits per heavy atom. The third-order valence-electron chi connectivity index (χ3n) is 2.54. The van der Waals surface area contributed by atoms with Gasteiger partial charge in [0.2, 0.25) is 0 Å². The Balaban J connectivity index is 2.75. The summed E-state index contributed by atoms with van der Waals surface area (Å²) < 4.78 is 5.02. The molecule has 0 aliphatic carbocycles. The van der Waals surface area contributed by atoms with Gasteiger partial charge in [-0.2, -0.15) is 0 Å². The van der Waals surface area contributed by atoms with Crippen LogP contribution < -0.4 is 5.73 Å². The molecule has 5 heteroatoms. The molecular weight excluding hydrogens is 247 g/mol. The Hall–Kier alpha value is -0.350. The predicted molar refractivity (Wildman–Crippen MR) is 66.8 cm³/mol. The Labute approximate surface area is 106 Å². The zero-order chi connectivity index (χ0) is 12.1. The number of hydrogen-bond acceptors (Lipinski definition) is 3. The molecule has 0 spiro atoms. The fourth-order valence-corrected chi connectivity index (χ4v) is 1.93. The van der Waals surface area contributed by atoms with Gasteiger partial charge in [0.1, 0.15) is 0 Å². The lowest BCUT2D eigenvalue weighted by Crippen LogP contribution is -2.21. The first-order chi connectivity index (χ1) is 7.56.